The van der Waals surface area contributed by atoms with Crippen LogP contribution in [0.1, 0.15) is 32.6 Å². The van der Waals surface area contributed by atoms with E-state index in [4.69, 9.17) is 4.42 Å². The van der Waals surface area contributed by atoms with Crippen molar-refractivity contribution >= 4 is 5.91 Å². The summed E-state index contributed by atoms with van der Waals surface area (Å²) in [5, 5.41) is 6.33. The van der Waals surface area contributed by atoms with Crippen LogP contribution in [0, 0.1) is 0 Å². The van der Waals surface area contributed by atoms with E-state index in [1.165, 1.54) is 0 Å². The lowest BCUT2D eigenvalue weighted by molar-refractivity contribution is -0.133. The van der Waals surface area contributed by atoms with Crippen LogP contribution >= 0.6 is 0 Å². The number of furan rings is 1. The largest absolute Gasteiger partial charge is 0.467 e. The van der Waals surface area contributed by atoms with Crippen molar-refractivity contribution in [1.29, 1.82) is 0 Å². The zero-order valence-corrected chi connectivity index (χ0v) is 11.9. The Morgan fingerprint density at radius 1 is 1.47 bits per heavy atom. The second-order valence-electron chi connectivity index (χ2n) is 5.51. The molecule has 19 heavy (non-hydrogen) atoms. The van der Waals surface area contributed by atoms with Crippen molar-refractivity contribution in [2.24, 2.45) is 0 Å². The molecular weight excluding hydrogens is 242 g/mol. The second kappa shape index (κ2) is 5.75. The summed E-state index contributed by atoms with van der Waals surface area (Å²) in [6, 6.07) is 3.60. The Hall–Kier alpha value is -1.33. The van der Waals surface area contributed by atoms with Gasteiger partial charge in [0.15, 0.2) is 0 Å². The predicted molar refractivity (Wildman–Crippen MR) is 73.8 cm³/mol. The number of piperazine rings is 1. The van der Waals surface area contributed by atoms with Gasteiger partial charge in [0.1, 0.15) is 5.76 Å². The van der Waals surface area contributed by atoms with Crippen LogP contribution in [0.4, 0.5) is 0 Å². The number of nitrogens with zero attached hydrogens (tertiary/aromatic N) is 1. The molecule has 0 aliphatic carbocycles. The monoisotopic (exact) mass is 265 g/mol. The zero-order chi connectivity index (χ0) is 13.9. The highest BCUT2D eigenvalue weighted by Crippen LogP contribution is 2.18. The van der Waals surface area contributed by atoms with E-state index in [1.807, 2.05) is 32.9 Å². The van der Waals surface area contributed by atoms with E-state index < -0.39 is 5.54 Å². The van der Waals surface area contributed by atoms with Gasteiger partial charge in [-0.2, -0.15) is 0 Å². The number of rotatable bonds is 4. The first-order valence-electron chi connectivity index (χ1n) is 6.82. The van der Waals surface area contributed by atoms with Gasteiger partial charge in [-0.3, -0.25) is 9.69 Å². The molecular formula is C14H23N3O2. The van der Waals surface area contributed by atoms with Crippen molar-refractivity contribution in [3.8, 4) is 0 Å². The lowest BCUT2D eigenvalue weighted by Crippen LogP contribution is -2.60. The Balaban J connectivity index is 1.97. The summed E-state index contributed by atoms with van der Waals surface area (Å²) in [6.07, 6.45) is 1.62. The van der Waals surface area contributed by atoms with E-state index in [0.29, 0.717) is 0 Å². The maximum Gasteiger partial charge on any atom is 0.240 e. The lowest BCUT2D eigenvalue weighted by atomic mass is 10.00. The first kappa shape index (κ1) is 14.1. The van der Waals surface area contributed by atoms with E-state index >= 15 is 0 Å². The normalized spacial score (nSPS) is 19.1. The molecule has 1 fully saturated rings. The highest BCUT2D eigenvalue weighted by atomic mass is 16.3. The van der Waals surface area contributed by atoms with Crippen LogP contribution in [0.3, 0.4) is 0 Å². The van der Waals surface area contributed by atoms with E-state index in [0.717, 1.165) is 31.9 Å². The van der Waals surface area contributed by atoms with Gasteiger partial charge in [-0.1, -0.05) is 0 Å². The Morgan fingerprint density at radius 2 is 2.16 bits per heavy atom. The lowest BCUT2D eigenvalue weighted by Gasteiger charge is -2.40. The molecule has 1 unspecified atom stereocenters. The van der Waals surface area contributed by atoms with Gasteiger partial charge in [0.2, 0.25) is 5.91 Å². The molecule has 1 atom stereocenters. The number of amides is 1. The average molecular weight is 265 g/mol. The van der Waals surface area contributed by atoms with Gasteiger partial charge in [0.05, 0.1) is 17.8 Å². The standard InChI is InChI=1S/C14H23N3O2/c1-11(12-5-4-10-19-12)16-13(18)14(2,3)17-8-6-15-7-9-17/h4-5,10-11,15H,6-9H2,1-3H3,(H,16,18). The van der Waals surface area contributed by atoms with Crippen molar-refractivity contribution in [3.05, 3.63) is 24.2 Å². The maximum atomic E-state index is 12.5. The summed E-state index contributed by atoms with van der Waals surface area (Å²) < 4.78 is 5.32. The van der Waals surface area contributed by atoms with Gasteiger partial charge in [0.25, 0.3) is 0 Å². The number of carbonyl (C=O) groups is 1. The van der Waals surface area contributed by atoms with Crippen molar-refractivity contribution in [1.82, 2.24) is 15.5 Å². The fraction of sp³-hybridized carbons (Fsp3) is 0.643. The molecule has 1 saturated heterocycles. The summed E-state index contributed by atoms with van der Waals surface area (Å²) in [4.78, 5) is 14.7. The zero-order valence-electron chi connectivity index (χ0n) is 11.9. The molecule has 1 aliphatic rings. The van der Waals surface area contributed by atoms with Gasteiger partial charge in [-0.05, 0) is 32.9 Å². The topological polar surface area (TPSA) is 57.5 Å². The molecule has 1 amide bonds. The van der Waals surface area contributed by atoms with Crippen LogP contribution in [0.5, 0.6) is 0 Å². The molecule has 106 valence electrons. The molecule has 5 heteroatoms. The van der Waals surface area contributed by atoms with Crippen LogP contribution < -0.4 is 10.6 Å². The number of nitrogens with one attached hydrogen (secondary N) is 2. The molecule has 1 aromatic heterocycles. The fourth-order valence-corrected chi connectivity index (χ4v) is 2.35. The molecule has 2 rings (SSSR count). The van der Waals surface area contributed by atoms with Crippen LogP contribution in [0.25, 0.3) is 0 Å². The van der Waals surface area contributed by atoms with Crippen LogP contribution in [-0.4, -0.2) is 42.5 Å². The summed E-state index contributed by atoms with van der Waals surface area (Å²) >= 11 is 0. The average Bonchev–Trinajstić information content (AvgIpc) is 2.93. The molecule has 2 N–H and O–H groups in total. The van der Waals surface area contributed by atoms with Crippen molar-refractivity contribution in [3.63, 3.8) is 0 Å². The Morgan fingerprint density at radius 3 is 2.74 bits per heavy atom. The third kappa shape index (κ3) is 3.16. The quantitative estimate of drug-likeness (QED) is 0.857. The van der Waals surface area contributed by atoms with E-state index in [9.17, 15) is 4.79 Å². The summed E-state index contributed by atoms with van der Waals surface area (Å²) in [5.74, 6) is 0.822. The number of hydrogen-bond acceptors (Lipinski definition) is 4. The minimum absolute atomic E-state index is 0.0401. The molecule has 0 aromatic carbocycles. The number of hydrogen-bond donors (Lipinski definition) is 2. The predicted octanol–water partition coefficient (Wildman–Crippen LogP) is 1.14. The Labute approximate surface area is 114 Å². The highest BCUT2D eigenvalue weighted by molar-refractivity contribution is 5.85. The molecule has 0 saturated carbocycles. The SMILES string of the molecule is CC(NC(=O)C(C)(C)N1CCNCC1)c1ccco1. The summed E-state index contributed by atoms with van der Waals surface area (Å²) in [7, 11) is 0. The molecule has 0 radical (unpaired) electrons. The third-order valence-electron chi connectivity index (χ3n) is 3.78. The van der Waals surface area contributed by atoms with Gasteiger partial charge in [-0.25, -0.2) is 0 Å². The first-order chi connectivity index (χ1) is 9.01. The van der Waals surface area contributed by atoms with Crippen molar-refractivity contribution < 1.29 is 9.21 Å². The van der Waals surface area contributed by atoms with Crippen LogP contribution in [-0.2, 0) is 4.79 Å². The molecule has 1 aliphatic heterocycles. The maximum absolute atomic E-state index is 12.5. The molecule has 2 heterocycles. The van der Waals surface area contributed by atoms with Crippen molar-refractivity contribution in [2.45, 2.75) is 32.4 Å². The van der Waals surface area contributed by atoms with Crippen molar-refractivity contribution in [2.75, 3.05) is 26.2 Å². The van der Waals surface area contributed by atoms with Crippen LogP contribution in [0.2, 0.25) is 0 Å². The molecule has 1 aromatic rings. The highest BCUT2D eigenvalue weighted by Gasteiger charge is 2.35. The van der Waals surface area contributed by atoms with E-state index in [-0.39, 0.29) is 11.9 Å². The summed E-state index contributed by atoms with van der Waals surface area (Å²) in [6.45, 7) is 9.55. The smallest absolute Gasteiger partial charge is 0.240 e. The Kier molecular flexibility index (Phi) is 4.27. The minimum Gasteiger partial charge on any atom is -0.467 e. The summed E-state index contributed by atoms with van der Waals surface area (Å²) in [5.41, 5.74) is -0.497. The van der Waals surface area contributed by atoms with E-state index in [1.54, 1.807) is 6.26 Å². The minimum atomic E-state index is -0.497. The van der Waals surface area contributed by atoms with Gasteiger partial charge in [0, 0.05) is 26.2 Å². The van der Waals surface area contributed by atoms with Crippen LogP contribution in [0.15, 0.2) is 22.8 Å². The van der Waals surface area contributed by atoms with Gasteiger partial charge in [-0.15, -0.1) is 0 Å². The molecule has 0 bridgehead atoms. The van der Waals surface area contributed by atoms with Gasteiger partial charge >= 0.3 is 0 Å². The van der Waals surface area contributed by atoms with E-state index in [2.05, 4.69) is 15.5 Å². The molecule has 0 spiro atoms. The second-order valence-corrected chi connectivity index (χ2v) is 5.51. The number of carbonyl (C=O) groups excluding carboxylic acids is 1. The fourth-order valence-electron chi connectivity index (χ4n) is 2.35. The van der Waals surface area contributed by atoms with Gasteiger partial charge < -0.3 is 15.1 Å². The first-order valence-corrected chi connectivity index (χ1v) is 6.82. The third-order valence-corrected chi connectivity index (χ3v) is 3.78. The molecule has 5 nitrogen and oxygen atoms in total. The Bertz CT molecular complexity index is 408.